The lowest BCUT2D eigenvalue weighted by Crippen LogP contribution is -2.50. The Bertz CT molecular complexity index is 1220. The van der Waals surface area contributed by atoms with Crippen LogP contribution in [-0.4, -0.2) is 52.5 Å². The number of halogens is 2. The Hall–Kier alpha value is -2.35. The van der Waals surface area contributed by atoms with Crippen LogP contribution in [0.1, 0.15) is 50.7 Å². The smallest absolute Gasteiger partial charge is 0.410 e. The zero-order chi connectivity index (χ0) is 25.4. The standard InChI is InChI=1S/C27H30BrClN2O4/c1-26(2,3)35-25(32)31-13-11-27(33,12-14-31)23(17-5-8-20(29)9-6-17)21-16-18-15-19(28)7-10-22(18)30-24(21)34-4/h5-10,15-16,23,33H,11-14H2,1-4H3. The fourth-order valence-corrected chi connectivity index (χ4v) is 5.15. The summed E-state index contributed by atoms with van der Waals surface area (Å²) in [5, 5.41) is 13.6. The van der Waals surface area contributed by atoms with Crippen LogP contribution in [0.3, 0.4) is 0 Å². The van der Waals surface area contributed by atoms with Crippen LogP contribution < -0.4 is 4.74 Å². The second-order valence-corrected chi connectivity index (χ2v) is 11.3. The number of methoxy groups -OCH3 is 1. The Morgan fingerprint density at radius 3 is 2.40 bits per heavy atom. The van der Waals surface area contributed by atoms with E-state index in [1.54, 1.807) is 12.0 Å². The number of fused-ring (bicyclic) bond motifs is 1. The normalized spacial score (nSPS) is 16.7. The molecule has 8 heteroatoms. The maximum atomic E-state index is 12.6. The molecule has 2 aromatic carbocycles. The lowest BCUT2D eigenvalue weighted by molar-refractivity contribution is -0.0416. The van der Waals surface area contributed by atoms with E-state index in [0.29, 0.717) is 36.8 Å². The molecule has 186 valence electrons. The number of nitrogens with zero attached hydrogens (tertiary/aromatic N) is 2. The van der Waals surface area contributed by atoms with Gasteiger partial charge >= 0.3 is 6.09 Å². The van der Waals surface area contributed by atoms with Crippen LogP contribution in [-0.2, 0) is 4.74 Å². The molecular formula is C27H30BrClN2O4. The summed E-state index contributed by atoms with van der Waals surface area (Å²) in [6.45, 7) is 6.30. The summed E-state index contributed by atoms with van der Waals surface area (Å²) in [6, 6.07) is 15.4. The molecule has 0 bridgehead atoms. The molecule has 0 spiro atoms. The van der Waals surface area contributed by atoms with Crippen molar-refractivity contribution in [2.45, 2.75) is 50.7 Å². The van der Waals surface area contributed by atoms with Gasteiger partial charge in [-0.15, -0.1) is 0 Å². The van der Waals surface area contributed by atoms with Crippen molar-refractivity contribution in [1.29, 1.82) is 0 Å². The number of aromatic nitrogens is 1. The molecule has 1 fully saturated rings. The Labute approximate surface area is 219 Å². The van der Waals surface area contributed by atoms with E-state index in [1.807, 2.05) is 69.3 Å². The zero-order valence-electron chi connectivity index (χ0n) is 20.3. The number of amides is 1. The first-order valence-electron chi connectivity index (χ1n) is 11.6. The summed E-state index contributed by atoms with van der Waals surface area (Å²) >= 11 is 9.72. The maximum Gasteiger partial charge on any atom is 0.410 e. The first-order chi connectivity index (χ1) is 16.5. The molecule has 1 aromatic heterocycles. The number of hydrogen-bond acceptors (Lipinski definition) is 5. The van der Waals surface area contributed by atoms with E-state index < -0.39 is 17.1 Å². The molecule has 1 aliphatic rings. The number of benzene rings is 2. The van der Waals surface area contributed by atoms with Gasteiger partial charge in [-0.3, -0.25) is 0 Å². The van der Waals surface area contributed by atoms with Gasteiger partial charge < -0.3 is 19.5 Å². The predicted molar refractivity (Wildman–Crippen MR) is 141 cm³/mol. The number of carbonyl (C=O) groups excluding carboxylic acids is 1. The molecule has 1 amide bonds. The van der Waals surface area contributed by atoms with Crippen LogP contribution in [0.2, 0.25) is 5.02 Å². The molecule has 0 saturated carbocycles. The van der Waals surface area contributed by atoms with Crippen LogP contribution in [0.15, 0.2) is 53.0 Å². The Balaban J connectivity index is 1.75. The predicted octanol–water partition coefficient (Wildman–Crippen LogP) is 6.55. The number of rotatable bonds is 4. The van der Waals surface area contributed by atoms with Gasteiger partial charge in [0.2, 0.25) is 5.88 Å². The molecule has 0 radical (unpaired) electrons. The molecule has 4 rings (SSSR count). The molecule has 1 N–H and O–H groups in total. The molecule has 3 aromatic rings. The number of hydrogen-bond donors (Lipinski definition) is 1. The Morgan fingerprint density at radius 2 is 1.80 bits per heavy atom. The molecule has 1 atom stereocenters. The van der Waals surface area contributed by atoms with Crippen LogP contribution >= 0.6 is 27.5 Å². The second-order valence-electron chi connectivity index (χ2n) is 9.98. The van der Waals surface area contributed by atoms with E-state index in [1.165, 1.54) is 0 Å². The van der Waals surface area contributed by atoms with Crippen LogP contribution in [0, 0.1) is 0 Å². The van der Waals surface area contributed by atoms with Crippen molar-refractivity contribution in [1.82, 2.24) is 9.88 Å². The summed E-state index contributed by atoms with van der Waals surface area (Å²) in [5.74, 6) is 0.0224. The van der Waals surface area contributed by atoms with Gasteiger partial charge in [0.1, 0.15) is 5.60 Å². The number of ether oxygens (including phenoxy) is 2. The lowest BCUT2D eigenvalue weighted by atomic mass is 9.72. The highest BCUT2D eigenvalue weighted by Gasteiger charge is 2.44. The minimum absolute atomic E-state index is 0.364. The summed E-state index contributed by atoms with van der Waals surface area (Å²) < 4.78 is 12.2. The van der Waals surface area contributed by atoms with Crippen molar-refractivity contribution in [3.05, 3.63) is 69.2 Å². The van der Waals surface area contributed by atoms with Crippen molar-refractivity contribution >= 4 is 44.5 Å². The largest absolute Gasteiger partial charge is 0.481 e. The van der Waals surface area contributed by atoms with Crippen molar-refractivity contribution < 1.29 is 19.4 Å². The van der Waals surface area contributed by atoms with Gasteiger partial charge in [-0.1, -0.05) is 39.7 Å². The van der Waals surface area contributed by atoms with E-state index in [4.69, 9.17) is 26.1 Å². The molecule has 6 nitrogen and oxygen atoms in total. The monoisotopic (exact) mass is 560 g/mol. The van der Waals surface area contributed by atoms with Gasteiger partial charge in [-0.05, 0) is 75.6 Å². The zero-order valence-corrected chi connectivity index (χ0v) is 22.7. The molecule has 1 unspecified atom stereocenters. The number of carbonyl (C=O) groups is 1. The van der Waals surface area contributed by atoms with Crippen LogP contribution in [0.5, 0.6) is 5.88 Å². The van der Waals surface area contributed by atoms with E-state index in [0.717, 1.165) is 26.5 Å². The van der Waals surface area contributed by atoms with E-state index >= 15 is 0 Å². The van der Waals surface area contributed by atoms with Gasteiger partial charge in [0, 0.05) is 39.5 Å². The molecule has 2 heterocycles. The third-order valence-corrected chi connectivity index (χ3v) is 7.04. The van der Waals surface area contributed by atoms with Crippen molar-refractivity contribution in [2.24, 2.45) is 0 Å². The number of aliphatic hydroxyl groups is 1. The Morgan fingerprint density at radius 1 is 1.14 bits per heavy atom. The van der Waals surface area contributed by atoms with Gasteiger partial charge in [0.15, 0.2) is 0 Å². The minimum Gasteiger partial charge on any atom is -0.481 e. The maximum absolute atomic E-state index is 12.6. The second kappa shape index (κ2) is 9.96. The fourth-order valence-electron chi connectivity index (χ4n) is 4.64. The van der Waals surface area contributed by atoms with Crippen LogP contribution in [0.4, 0.5) is 4.79 Å². The minimum atomic E-state index is -1.14. The van der Waals surface area contributed by atoms with Gasteiger partial charge in [0.25, 0.3) is 0 Å². The number of piperidine rings is 1. The SMILES string of the molecule is COc1nc2ccc(Br)cc2cc1C(c1ccc(Cl)cc1)C1(O)CCN(C(=O)OC(C)(C)C)CC1. The van der Waals surface area contributed by atoms with Gasteiger partial charge in [0.05, 0.1) is 18.2 Å². The average Bonchev–Trinajstić information content (AvgIpc) is 2.79. The van der Waals surface area contributed by atoms with Crippen molar-refractivity contribution in [2.75, 3.05) is 20.2 Å². The molecular weight excluding hydrogens is 532 g/mol. The summed E-state index contributed by atoms with van der Waals surface area (Å²) in [4.78, 5) is 19.0. The summed E-state index contributed by atoms with van der Waals surface area (Å²) in [5.41, 5.74) is 0.775. The quantitative estimate of drug-likeness (QED) is 0.391. The third kappa shape index (κ3) is 5.74. The van der Waals surface area contributed by atoms with Gasteiger partial charge in [-0.2, -0.15) is 0 Å². The van der Waals surface area contributed by atoms with Crippen molar-refractivity contribution in [3.63, 3.8) is 0 Å². The number of pyridine rings is 1. The lowest BCUT2D eigenvalue weighted by Gasteiger charge is -2.43. The van der Waals surface area contributed by atoms with Crippen LogP contribution in [0.25, 0.3) is 10.9 Å². The highest BCUT2D eigenvalue weighted by molar-refractivity contribution is 9.10. The molecule has 1 aliphatic heterocycles. The molecule has 0 aliphatic carbocycles. The van der Waals surface area contributed by atoms with Crippen molar-refractivity contribution in [3.8, 4) is 5.88 Å². The topological polar surface area (TPSA) is 71.9 Å². The van der Waals surface area contributed by atoms with E-state index in [2.05, 4.69) is 15.9 Å². The third-order valence-electron chi connectivity index (χ3n) is 6.30. The summed E-state index contributed by atoms with van der Waals surface area (Å²) in [6.07, 6.45) is 0.385. The molecule has 35 heavy (non-hydrogen) atoms. The van der Waals surface area contributed by atoms with E-state index in [-0.39, 0.29) is 6.09 Å². The highest BCUT2D eigenvalue weighted by atomic mass is 79.9. The average molecular weight is 562 g/mol. The Kier molecular flexibility index (Phi) is 7.32. The fraction of sp³-hybridized carbons (Fsp3) is 0.407. The first kappa shape index (κ1) is 25.7. The van der Waals surface area contributed by atoms with Gasteiger partial charge in [-0.25, -0.2) is 9.78 Å². The first-order valence-corrected chi connectivity index (χ1v) is 12.8. The van der Waals surface area contributed by atoms with E-state index in [9.17, 15) is 9.90 Å². The molecule has 1 saturated heterocycles. The number of likely N-dealkylation sites (tertiary alicyclic amines) is 1. The highest BCUT2D eigenvalue weighted by Crippen LogP contribution is 2.45. The summed E-state index contributed by atoms with van der Waals surface area (Å²) in [7, 11) is 1.59.